The zero-order valence-electron chi connectivity index (χ0n) is 6.71. The summed E-state index contributed by atoms with van der Waals surface area (Å²) in [6.45, 7) is 0.477. The number of carbonyl (C=O) groups is 2. The van der Waals surface area contributed by atoms with Gasteiger partial charge in [-0.25, -0.2) is 0 Å². The molecular weight excluding hydrogens is 167 g/mol. The van der Waals surface area contributed by atoms with Gasteiger partial charge in [-0.1, -0.05) is 6.92 Å². The van der Waals surface area contributed by atoms with E-state index in [1.165, 1.54) is 6.92 Å². The lowest BCUT2D eigenvalue weighted by Gasteiger charge is -2.21. The van der Waals surface area contributed by atoms with Gasteiger partial charge < -0.3 is 10.2 Å². The van der Waals surface area contributed by atoms with E-state index in [0.29, 0.717) is 0 Å². The van der Waals surface area contributed by atoms with Gasteiger partial charge in [-0.15, -0.1) is 0 Å². The molecule has 12 heavy (non-hydrogen) atoms. The molecular formula is C7H11FO4. The molecule has 0 aromatic carbocycles. The Labute approximate surface area is 69.0 Å². The summed E-state index contributed by atoms with van der Waals surface area (Å²) in [4.78, 5) is 21.1. The summed E-state index contributed by atoms with van der Waals surface area (Å²) >= 11 is 0. The van der Waals surface area contributed by atoms with Crippen LogP contribution in [-0.2, 0) is 9.59 Å². The zero-order valence-corrected chi connectivity index (χ0v) is 6.71. The maximum absolute atomic E-state index is 11.9. The Morgan fingerprint density at radius 1 is 1.33 bits per heavy atom. The fraction of sp³-hybridized carbons (Fsp3) is 0.714. The molecule has 2 N–H and O–H groups in total. The number of aliphatic carboxylic acids is 2. The summed E-state index contributed by atoms with van der Waals surface area (Å²) in [6.07, 6.45) is -0.588. The smallest absolute Gasteiger partial charge is 0.321 e. The van der Waals surface area contributed by atoms with Crippen LogP contribution >= 0.6 is 0 Å². The summed E-state index contributed by atoms with van der Waals surface area (Å²) in [5.41, 5.74) is -1.95. The number of halogens is 1. The maximum Gasteiger partial charge on any atom is 0.321 e. The van der Waals surface area contributed by atoms with Crippen molar-refractivity contribution in [3.63, 3.8) is 0 Å². The number of rotatable bonds is 5. The van der Waals surface area contributed by atoms with Crippen LogP contribution in [0.5, 0.6) is 0 Å². The number of alkyl halides is 1. The lowest BCUT2D eigenvalue weighted by atomic mass is 9.82. The first kappa shape index (κ1) is 10.9. The molecule has 0 heterocycles. The van der Waals surface area contributed by atoms with E-state index in [1.807, 2.05) is 0 Å². The second-order valence-corrected chi connectivity index (χ2v) is 2.48. The van der Waals surface area contributed by atoms with E-state index in [9.17, 15) is 14.0 Å². The van der Waals surface area contributed by atoms with Crippen LogP contribution in [0.1, 0.15) is 19.8 Å². The molecule has 0 spiro atoms. The van der Waals surface area contributed by atoms with E-state index >= 15 is 0 Å². The Hall–Kier alpha value is -1.13. The van der Waals surface area contributed by atoms with E-state index in [4.69, 9.17) is 10.2 Å². The standard InChI is InChI=1S/C7H11FO4/c1-2-7(3-4-8,5(9)10)6(11)12/h2-4H2,1H3,(H,9,10)(H,11,12). The first-order valence-electron chi connectivity index (χ1n) is 3.54. The minimum Gasteiger partial charge on any atom is -0.480 e. The molecule has 0 fully saturated rings. The molecule has 0 saturated carbocycles. The molecule has 70 valence electrons. The van der Waals surface area contributed by atoms with E-state index in [2.05, 4.69) is 0 Å². The van der Waals surface area contributed by atoms with Crippen molar-refractivity contribution >= 4 is 11.9 Å². The van der Waals surface area contributed by atoms with Crippen LogP contribution in [0.25, 0.3) is 0 Å². The van der Waals surface area contributed by atoms with Crippen molar-refractivity contribution in [3.8, 4) is 0 Å². The SMILES string of the molecule is CCC(CCF)(C(=O)O)C(=O)O. The van der Waals surface area contributed by atoms with Gasteiger partial charge in [0.05, 0.1) is 6.67 Å². The number of carboxylic acids is 2. The lowest BCUT2D eigenvalue weighted by Crippen LogP contribution is -2.39. The van der Waals surface area contributed by atoms with Crippen LogP contribution in [0.2, 0.25) is 0 Å². The van der Waals surface area contributed by atoms with Crippen LogP contribution in [-0.4, -0.2) is 28.8 Å². The molecule has 0 aliphatic rings. The molecule has 0 amide bonds. The second-order valence-electron chi connectivity index (χ2n) is 2.48. The van der Waals surface area contributed by atoms with Crippen molar-refractivity contribution in [2.24, 2.45) is 5.41 Å². The van der Waals surface area contributed by atoms with Gasteiger partial charge in [-0.05, 0) is 6.42 Å². The summed E-state index contributed by atoms with van der Waals surface area (Å²) in [5.74, 6) is -2.95. The monoisotopic (exact) mass is 178 g/mol. The van der Waals surface area contributed by atoms with E-state index < -0.39 is 30.4 Å². The van der Waals surface area contributed by atoms with Gasteiger partial charge in [0.15, 0.2) is 5.41 Å². The first-order chi connectivity index (χ1) is 5.51. The molecule has 0 aliphatic heterocycles. The van der Waals surface area contributed by atoms with Gasteiger partial charge in [-0.2, -0.15) is 0 Å². The lowest BCUT2D eigenvalue weighted by molar-refractivity contribution is -0.165. The molecule has 4 nitrogen and oxygen atoms in total. The van der Waals surface area contributed by atoms with E-state index in [-0.39, 0.29) is 6.42 Å². The predicted octanol–water partition coefficient (Wildman–Crippen LogP) is 0.912. The molecule has 0 radical (unpaired) electrons. The van der Waals surface area contributed by atoms with Crippen molar-refractivity contribution in [3.05, 3.63) is 0 Å². The second kappa shape index (κ2) is 4.04. The molecule has 0 aromatic rings. The first-order valence-corrected chi connectivity index (χ1v) is 3.54. The van der Waals surface area contributed by atoms with Gasteiger partial charge in [0.25, 0.3) is 0 Å². The largest absolute Gasteiger partial charge is 0.480 e. The van der Waals surface area contributed by atoms with Crippen molar-refractivity contribution in [2.45, 2.75) is 19.8 Å². The molecule has 5 heteroatoms. The minimum atomic E-state index is -1.95. The number of carboxylic acid groups (broad SMARTS) is 2. The molecule has 0 atom stereocenters. The molecule has 0 bridgehead atoms. The highest BCUT2D eigenvalue weighted by Crippen LogP contribution is 2.27. The van der Waals surface area contributed by atoms with Crippen LogP contribution in [0.15, 0.2) is 0 Å². The average Bonchev–Trinajstić information content (AvgIpc) is 1.98. The summed E-state index contributed by atoms with van der Waals surface area (Å²) in [6, 6.07) is 0. The van der Waals surface area contributed by atoms with Crippen LogP contribution in [0.3, 0.4) is 0 Å². The Balaban J connectivity index is 4.76. The van der Waals surface area contributed by atoms with Gasteiger partial charge in [0.2, 0.25) is 0 Å². The molecule has 0 unspecified atom stereocenters. The number of hydrogen-bond donors (Lipinski definition) is 2. The maximum atomic E-state index is 11.9. The molecule has 0 saturated heterocycles. The summed E-state index contributed by atoms with van der Waals surface area (Å²) in [5, 5.41) is 17.2. The van der Waals surface area contributed by atoms with Gasteiger partial charge in [0, 0.05) is 6.42 Å². The minimum absolute atomic E-state index is 0.110. The molecule has 0 rings (SSSR count). The third-order valence-electron chi connectivity index (χ3n) is 1.94. The fourth-order valence-corrected chi connectivity index (χ4v) is 0.946. The Bertz CT molecular complexity index is 176. The van der Waals surface area contributed by atoms with Crippen molar-refractivity contribution in [2.75, 3.05) is 6.67 Å². The average molecular weight is 178 g/mol. The Morgan fingerprint density at radius 2 is 1.75 bits per heavy atom. The summed E-state index contributed by atoms with van der Waals surface area (Å²) < 4.78 is 11.9. The van der Waals surface area contributed by atoms with Crippen molar-refractivity contribution < 1.29 is 24.2 Å². The zero-order chi connectivity index (χ0) is 9.78. The van der Waals surface area contributed by atoms with Crippen LogP contribution in [0.4, 0.5) is 4.39 Å². The number of hydrogen-bond acceptors (Lipinski definition) is 2. The van der Waals surface area contributed by atoms with Gasteiger partial charge in [-0.3, -0.25) is 14.0 Å². The summed E-state index contributed by atoms with van der Waals surface area (Å²) in [7, 11) is 0. The quantitative estimate of drug-likeness (QED) is 0.613. The highest BCUT2D eigenvalue weighted by molar-refractivity contribution is 5.98. The topological polar surface area (TPSA) is 74.6 Å². The van der Waals surface area contributed by atoms with Crippen LogP contribution < -0.4 is 0 Å². The van der Waals surface area contributed by atoms with Crippen LogP contribution in [0, 0.1) is 5.41 Å². The van der Waals surface area contributed by atoms with Crippen molar-refractivity contribution in [1.29, 1.82) is 0 Å². The van der Waals surface area contributed by atoms with E-state index in [0.717, 1.165) is 0 Å². The predicted molar refractivity (Wildman–Crippen MR) is 38.6 cm³/mol. The molecule has 0 aliphatic carbocycles. The van der Waals surface area contributed by atoms with Gasteiger partial charge >= 0.3 is 11.9 Å². The Kier molecular flexibility index (Phi) is 3.66. The Morgan fingerprint density at radius 3 is 1.83 bits per heavy atom. The fourth-order valence-electron chi connectivity index (χ4n) is 0.946. The third-order valence-corrected chi connectivity index (χ3v) is 1.94. The van der Waals surface area contributed by atoms with Gasteiger partial charge in [0.1, 0.15) is 0 Å². The van der Waals surface area contributed by atoms with Crippen molar-refractivity contribution in [1.82, 2.24) is 0 Å². The highest BCUT2D eigenvalue weighted by atomic mass is 19.1. The highest BCUT2D eigenvalue weighted by Gasteiger charge is 2.44. The molecule has 0 aromatic heterocycles. The normalized spacial score (nSPS) is 11.2. The third kappa shape index (κ3) is 1.72. The van der Waals surface area contributed by atoms with E-state index in [1.54, 1.807) is 0 Å².